The van der Waals surface area contributed by atoms with E-state index in [1.54, 1.807) is 5.21 Å². The second-order valence-electron chi connectivity index (χ2n) is 2.61. The Kier molecular flexibility index (Phi) is 5.43. The maximum atomic E-state index is 2.44. The second kappa shape index (κ2) is 4.83. The third-order valence-corrected chi connectivity index (χ3v) is 5.22. The van der Waals surface area contributed by atoms with Gasteiger partial charge in [-0.2, -0.15) is 0 Å². The molecule has 0 N–H and O–H groups in total. The Labute approximate surface area is 59.1 Å². The molecule has 0 amide bonds. The van der Waals surface area contributed by atoms with E-state index in [1.165, 1.54) is 6.16 Å². The van der Waals surface area contributed by atoms with Crippen LogP contribution in [-0.4, -0.2) is 34.1 Å². The van der Waals surface area contributed by atoms with Gasteiger partial charge >= 0.3 is 58.7 Å². The molecule has 0 radical (unpaired) electrons. The molecule has 0 aromatic carbocycles. The van der Waals surface area contributed by atoms with Crippen LogP contribution in [0.1, 0.15) is 0 Å². The standard InChI is InChI=1S/C6H16AsP/c1-7(2)5-6-8(3)4/h5-6H2,1-4H3. The summed E-state index contributed by atoms with van der Waals surface area (Å²) in [7, 11) is 0.403. The summed E-state index contributed by atoms with van der Waals surface area (Å²) in [5.74, 6) is 0. The predicted octanol–water partition coefficient (Wildman–Crippen LogP) is 2.48. The molecule has 0 aliphatic carbocycles. The molecule has 8 heavy (non-hydrogen) atoms. The Bertz CT molecular complexity index is 44.5. The molecule has 0 saturated heterocycles. The van der Waals surface area contributed by atoms with Crippen molar-refractivity contribution in [2.24, 2.45) is 0 Å². The molecule has 0 heterocycles. The van der Waals surface area contributed by atoms with Crippen molar-refractivity contribution in [1.29, 1.82) is 0 Å². The van der Waals surface area contributed by atoms with E-state index in [0.29, 0.717) is 7.92 Å². The van der Waals surface area contributed by atoms with E-state index in [2.05, 4.69) is 24.8 Å². The molecule has 0 saturated carbocycles. The summed E-state index contributed by atoms with van der Waals surface area (Å²) in [4.78, 5) is 0. The molecule has 0 rings (SSSR count). The van der Waals surface area contributed by atoms with Crippen LogP contribution in [-0.2, 0) is 0 Å². The van der Waals surface area contributed by atoms with Crippen molar-refractivity contribution in [2.45, 2.75) is 16.6 Å². The first-order valence-corrected chi connectivity index (χ1v) is 10.4. The summed E-state index contributed by atoms with van der Waals surface area (Å²) in [5, 5.41) is 1.56. The molecule has 0 atom stereocenters. The van der Waals surface area contributed by atoms with Gasteiger partial charge in [0.25, 0.3) is 0 Å². The zero-order valence-corrected chi connectivity index (χ0v) is 9.08. The molecule has 0 aliphatic heterocycles. The van der Waals surface area contributed by atoms with Gasteiger partial charge in [-0.05, 0) is 0 Å². The quantitative estimate of drug-likeness (QED) is 0.478. The van der Waals surface area contributed by atoms with Gasteiger partial charge in [-0.1, -0.05) is 0 Å². The molecule has 0 spiro atoms. The average Bonchev–Trinajstić information content (AvgIpc) is 1.61. The molecule has 0 unspecified atom stereocenters. The van der Waals surface area contributed by atoms with Crippen LogP contribution in [0.15, 0.2) is 0 Å². The SMILES string of the molecule is CP(C)CC[As](C)C. The summed E-state index contributed by atoms with van der Waals surface area (Å²) in [6.45, 7) is 4.74. The normalized spacial score (nSPS) is 11.2. The minimum atomic E-state index is -0.266. The first-order valence-electron chi connectivity index (χ1n) is 2.92. The monoisotopic (exact) mass is 194 g/mol. The second-order valence-corrected chi connectivity index (χ2v) is 10.7. The first-order chi connectivity index (χ1) is 3.63. The zero-order chi connectivity index (χ0) is 6.57. The fourth-order valence-electron chi connectivity index (χ4n) is 0.400. The molecular formula is C6H16AsP. The summed E-state index contributed by atoms with van der Waals surface area (Å²) in [5.41, 5.74) is 4.87. The van der Waals surface area contributed by atoms with Gasteiger partial charge in [0.2, 0.25) is 0 Å². The first kappa shape index (κ1) is 8.99. The van der Waals surface area contributed by atoms with Crippen LogP contribution in [0.3, 0.4) is 0 Å². The Morgan fingerprint density at radius 2 is 1.75 bits per heavy atom. The molecule has 0 fully saturated rings. The van der Waals surface area contributed by atoms with Crippen LogP contribution < -0.4 is 0 Å². The van der Waals surface area contributed by atoms with Gasteiger partial charge in [0.15, 0.2) is 0 Å². The Hall–Kier alpha value is 0.988. The van der Waals surface area contributed by atoms with E-state index in [4.69, 9.17) is 0 Å². The molecule has 0 nitrogen and oxygen atoms in total. The van der Waals surface area contributed by atoms with Gasteiger partial charge in [-0.3, -0.25) is 0 Å². The van der Waals surface area contributed by atoms with Gasteiger partial charge in [0, 0.05) is 0 Å². The summed E-state index contributed by atoms with van der Waals surface area (Å²) in [6, 6.07) is 0. The molecule has 2 heteroatoms. The maximum absolute atomic E-state index is 2.44. The van der Waals surface area contributed by atoms with Crippen molar-refractivity contribution >= 4 is 22.6 Å². The van der Waals surface area contributed by atoms with Crippen molar-refractivity contribution in [2.75, 3.05) is 19.5 Å². The van der Waals surface area contributed by atoms with Gasteiger partial charge in [-0.25, -0.2) is 0 Å². The number of hydrogen-bond donors (Lipinski definition) is 0. The fourth-order valence-corrected chi connectivity index (χ4v) is 6.24. The molecule has 0 aromatic heterocycles. The average molecular weight is 194 g/mol. The summed E-state index contributed by atoms with van der Waals surface area (Å²) in [6.07, 6.45) is 1.52. The van der Waals surface area contributed by atoms with Crippen LogP contribution in [0.25, 0.3) is 0 Å². The van der Waals surface area contributed by atoms with E-state index in [0.717, 1.165) is 0 Å². The van der Waals surface area contributed by atoms with E-state index in [9.17, 15) is 0 Å². The minimum absolute atomic E-state index is 0.266. The van der Waals surface area contributed by atoms with E-state index < -0.39 is 0 Å². The molecule has 0 aliphatic rings. The Morgan fingerprint density at radius 1 is 1.25 bits per heavy atom. The van der Waals surface area contributed by atoms with Crippen LogP contribution in [0.4, 0.5) is 0 Å². The third kappa shape index (κ3) is 6.99. The van der Waals surface area contributed by atoms with Crippen LogP contribution >= 0.6 is 7.92 Å². The van der Waals surface area contributed by atoms with Gasteiger partial charge < -0.3 is 0 Å². The van der Waals surface area contributed by atoms with Crippen LogP contribution in [0.5, 0.6) is 0 Å². The zero-order valence-electron chi connectivity index (χ0n) is 6.31. The fraction of sp³-hybridized carbons (Fsp3) is 1.00. The molecular weight excluding hydrogens is 178 g/mol. The number of hydrogen-bond acceptors (Lipinski definition) is 0. The van der Waals surface area contributed by atoms with E-state index in [-0.39, 0.29) is 14.7 Å². The summed E-state index contributed by atoms with van der Waals surface area (Å²) < 4.78 is 0. The van der Waals surface area contributed by atoms with Crippen molar-refractivity contribution in [1.82, 2.24) is 0 Å². The van der Waals surface area contributed by atoms with Gasteiger partial charge in [-0.15, -0.1) is 0 Å². The topological polar surface area (TPSA) is 0 Å². The Balaban J connectivity index is 2.93. The van der Waals surface area contributed by atoms with Crippen LogP contribution in [0, 0.1) is 0 Å². The number of rotatable bonds is 3. The van der Waals surface area contributed by atoms with Gasteiger partial charge in [0.1, 0.15) is 0 Å². The van der Waals surface area contributed by atoms with Crippen molar-refractivity contribution in [3.63, 3.8) is 0 Å². The van der Waals surface area contributed by atoms with Crippen molar-refractivity contribution in [3.05, 3.63) is 0 Å². The third-order valence-electron chi connectivity index (χ3n) is 0.994. The molecule has 0 bridgehead atoms. The molecule has 0 aromatic rings. The van der Waals surface area contributed by atoms with E-state index >= 15 is 0 Å². The Morgan fingerprint density at radius 3 is 1.88 bits per heavy atom. The van der Waals surface area contributed by atoms with E-state index in [1.807, 2.05) is 0 Å². The molecule has 50 valence electrons. The summed E-state index contributed by atoms with van der Waals surface area (Å²) >= 11 is -0.266. The van der Waals surface area contributed by atoms with Crippen molar-refractivity contribution < 1.29 is 0 Å². The predicted molar refractivity (Wildman–Crippen MR) is 45.9 cm³/mol. The van der Waals surface area contributed by atoms with Gasteiger partial charge in [0.05, 0.1) is 0 Å². The van der Waals surface area contributed by atoms with Crippen molar-refractivity contribution in [3.8, 4) is 0 Å². The van der Waals surface area contributed by atoms with Crippen LogP contribution in [0.2, 0.25) is 16.6 Å².